The Hall–Kier alpha value is -1.02. The Bertz CT molecular complexity index is 294. The quantitative estimate of drug-likeness (QED) is 0.791. The Labute approximate surface area is 85.1 Å². The molecule has 0 spiro atoms. The zero-order chi connectivity index (χ0) is 9.80. The number of rotatable bonds is 4. The number of para-hydroxylation sites is 1. The van der Waals surface area contributed by atoms with Crippen molar-refractivity contribution in [2.45, 2.75) is 31.8 Å². The van der Waals surface area contributed by atoms with E-state index in [4.69, 9.17) is 10.5 Å². The standard InChI is InChI=1S/C12H17NO/c13-9-8-10-4-1-2-7-12(10)14-11-5-3-6-11/h1-2,4,7,11H,3,5-6,8-9,13H2. The third kappa shape index (κ3) is 2.07. The van der Waals surface area contributed by atoms with Gasteiger partial charge in [-0.2, -0.15) is 0 Å². The lowest BCUT2D eigenvalue weighted by atomic mass is 9.96. The van der Waals surface area contributed by atoms with Gasteiger partial charge in [-0.3, -0.25) is 0 Å². The van der Waals surface area contributed by atoms with Crippen LogP contribution in [-0.4, -0.2) is 12.6 Å². The van der Waals surface area contributed by atoms with Gasteiger partial charge in [0.25, 0.3) is 0 Å². The highest BCUT2D eigenvalue weighted by Gasteiger charge is 2.19. The Morgan fingerprint density at radius 2 is 2.07 bits per heavy atom. The highest BCUT2D eigenvalue weighted by atomic mass is 16.5. The van der Waals surface area contributed by atoms with E-state index < -0.39 is 0 Å². The predicted octanol–water partition coefficient (Wildman–Crippen LogP) is 2.12. The van der Waals surface area contributed by atoms with Gasteiger partial charge >= 0.3 is 0 Å². The van der Waals surface area contributed by atoms with Gasteiger partial charge in [-0.25, -0.2) is 0 Å². The second-order valence-corrected chi connectivity index (χ2v) is 3.82. The molecule has 1 saturated carbocycles. The fourth-order valence-electron chi connectivity index (χ4n) is 1.65. The molecule has 2 heteroatoms. The van der Waals surface area contributed by atoms with Crippen LogP contribution in [0, 0.1) is 0 Å². The summed E-state index contributed by atoms with van der Waals surface area (Å²) in [6.07, 6.45) is 5.08. The average Bonchev–Trinajstić information content (AvgIpc) is 2.14. The molecule has 2 N–H and O–H groups in total. The number of ether oxygens (including phenoxy) is 1. The third-order valence-electron chi connectivity index (χ3n) is 2.73. The topological polar surface area (TPSA) is 35.2 Å². The van der Waals surface area contributed by atoms with Crippen molar-refractivity contribution in [3.63, 3.8) is 0 Å². The van der Waals surface area contributed by atoms with Crippen LogP contribution in [0.2, 0.25) is 0 Å². The van der Waals surface area contributed by atoms with Gasteiger partial charge in [0.1, 0.15) is 5.75 Å². The molecule has 0 radical (unpaired) electrons. The molecule has 1 aromatic carbocycles. The van der Waals surface area contributed by atoms with Crippen LogP contribution in [0.15, 0.2) is 24.3 Å². The molecule has 1 aromatic rings. The van der Waals surface area contributed by atoms with E-state index in [1.54, 1.807) is 0 Å². The summed E-state index contributed by atoms with van der Waals surface area (Å²) in [5.41, 5.74) is 6.79. The second-order valence-electron chi connectivity index (χ2n) is 3.82. The molecule has 0 atom stereocenters. The molecule has 0 aliphatic heterocycles. The maximum absolute atomic E-state index is 5.88. The maximum atomic E-state index is 5.88. The van der Waals surface area contributed by atoms with E-state index in [1.165, 1.54) is 24.8 Å². The molecular weight excluding hydrogens is 174 g/mol. The highest BCUT2D eigenvalue weighted by molar-refractivity contribution is 5.33. The lowest BCUT2D eigenvalue weighted by Gasteiger charge is -2.27. The molecular formula is C12H17NO. The SMILES string of the molecule is NCCc1ccccc1OC1CCC1. The van der Waals surface area contributed by atoms with Crippen molar-refractivity contribution < 1.29 is 4.74 Å². The Morgan fingerprint density at radius 1 is 1.29 bits per heavy atom. The van der Waals surface area contributed by atoms with Crippen LogP contribution in [-0.2, 0) is 6.42 Å². The van der Waals surface area contributed by atoms with E-state index in [-0.39, 0.29) is 0 Å². The molecule has 1 fully saturated rings. The Balaban J connectivity index is 2.05. The number of nitrogens with two attached hydrogens (primary N) is 1. The minimum Gasteiger partial charge on any atom is -0.490 e. The summed E-state index contributed by atoms with van der Waals surface area (Å²) in [6.45, 7) is 0.686. The van der Waals surface area contributed by atoms with E-state index in [0.717, 1.165) is 12.2 Å². The second kappa shape index (κ2) is 4.47. The normalized spacial score (nSPS) is 16.4. The summed E-state index contributed by atoms with van der Waals surface area (Å²) in [4.78, 5) is 0. The average molecular weight is 191 g/mol. The molecule has 0 heterocycles. The molecule has 1 aliphatic rings. The molecule has 0 saturated heterocycles. The lowest BCUT2D eigenvalue weighted by Crippen LogP contribution is -2.25. The van der Waals surface area contributed by atoms with Crippen molar-refractivity contribution in [2.24, 2.45) is 5.73 Å². The number of hydrogen-bond donors (Lipinski definition) is 1. The Morgan fingerprint density at radius 3 is 2.71 bits per heavy atom. The van der Waals surface area contributed by atoms with Gasteiger partial charge in [0, 0.05) is 0 Å². The summed E-state index contributed by atoms with van der Waals surface area (Å²) in [5.74, 6) is 1.03. The zero-order valence-electron chi connectivity index (χ0n) is 8.41. The molecule has 0 bridgehead atoms. The maximum Gasteiger partial charge on any atom is 0.122 e. The third-order valence-corrected chi connectivity index (χ3v) is 2.73. The van der Waals surface area contributed by atoms with Crippen molar-refractivity contribution in [3.05, 3.63) is 29.8 Å². The molecule has 0 aromatic heterocycles. The van der Waals surface area contributed by atoms with Gasteiger partial charge in [0.15, 0.2) is 0 Å². The van der Waals surface area contributed by atoms with Gasteiger partial charge in [0.05, 0.1) is 6.10 Å². The first-order valence-corrected chi connectivity index (χ1v) is 5.35. The van der Waals surface area contributed by atoms with Gasteiger partial charge in [-0.15, -0.1) is 0 Å². The summed E-state index contributed by atoms with van der Waals surface area (Å²) >= 11 is 0. The minimum absolute atomic E-state index is 0.453. The van der Waals surface area contributed by atoms with Crippen molar-refractivity contribution in [2.75, 3.05) is 6.54 Å². The first kappa shape index (κ1) is 9.53. The largest absolute Gasteiger partial charge is 0.490 e. The van der Waals surface area contributed by atoms with E-state index in [2.05, 4.69) is 6.07 Å². The van der Waals surface area contributed by atoms with E-state index in [1.807, 2.05) is 18.2 Å². The molecule has 1 aliphatic carbocycles. The molecule has 2 nitrogen and oxygen atoms in total. The Kier molecular flexibility index (Phi) is 3.04. The van der Waals surface area contributed by atoms with Crippen LogP contribution in [0.5, 0.6) is 5.75 Å². The van der Waals surface area contributed by atoms with Crippen LogP contribution >= 0.6 is 0 Å². The van der Waals surface area contributed by atoms with Gasteiger partial charge in [-0.05, 0) is 43.9 Å². The number of hydrogen-bond acceptors (Lipinski definition) is 2. The van der Waals surface area contributed by atoms with Crippen LogP contribution in [0.3, 0.4) is 0 Å². The summed E-state index contributed by atoms with van der Waals surface area (Å²) in [6, 6.07) is 8.21. The summed E-state index contributed by atoms with van der Waals surface area (Å²) in [5, 5.41) is 0. The fraction of sp³-hybridized carbons (Fsp3) is 0.500. The van der Waals surface area contributed by atoms with Crippen LogP contribution in [0.25, 0.3) is 0 Å². The summed E-state index contributed by atoms with van der Waals surface area (Å²) in [7, 11) is 0. The monoisotopic (exact) mass is 191 g/mol. The lowest BCUT2D eigenvalue weighted by molar-refractivity contribution is 0.119. The van der Waals surface area contributed by atoms with Crippen molar-refractivity contribution in [3.8, 4) is 5.75 Å². The van der Waals surface area contributed by atoms with Gasteiger partial charge in [0.2, 0.25) is 0 Å². The van der Waals surface area contributed by atoms with E-state index in [9.17, 15) is 0 Å². The predicted molar refractivity (Wildman–Crippen MR) is 57.5 cm³/mol. The molecule has 0 unspecified atom stereocenters. The fourth-order valence-corrected chi connectivity index (χ4v) is 1.65. The molecule has 2 rings (SSSR count). The first-order chi connectivity index (χ1) is 6.90. The molecule has 14 heavy (non-hydrogen) atoms. The summed E-state index contributed by atoms with van der Waals surface area (Å²) < 4.78 is 5.88. The molecule has 76 valence electrons. The smallest absolute Gasteiger partial charge is 0.122 e. The van der Waals surface area contributed by atoms with Crippen LogP contribution in [0.1, 0.15) is 24.8 Å². The first-order valence-electron chi connectivity index (χ1n) is 5.35. The van der Waals surface area contributed by atoms with Gasteiger partial charge in [-0.1, -0.05) is 18.2 Å². The van der Waals surface area contributed by atoms with Crippen LogP contribution in [0.4, 0.5) is 0 Å². The zero-order valence-corrected chi connectivity index (χ0v) is 8.41. The van der Waals surface area contributed by atoms with E-state index in [0.29, 0.717) is 12.6 Å². The van der Waals surface area contributed by atoms with Gasteiger partial charge < -0.3 is 10.5 Å². The van der Waals surface area contributed by atoms with Crippen LogP contribution < -0.4 is 10.5 Å². The molecule has 0 amide bonds. The van der Waals surface area contributed by atoms with Crippen molar-refractivity contribution in [1.82, 2.24) is 0 Å². The van der Waals surface area contributed by atoms with E-state index >= 15 is 0 Å². The van der Waals surface area contributed by atoms with Crippen molar-refractivity contribution in [1.29, 1.82) is 0 Å². The van der Waals surface area contributed by atoms with Crippen molar-refractivity contribution >= 4 is 0 Å². The highest BCUT2D eigenvalue weighted by Crippen LogP contribution is 2.27. The number of benzene rings is 1. The minimum atomic E-state index is 0.453.